The highest BCUT2D eigenvalue weighted by Gasteiger charge is 2.09. The highest BCUT2D eigenvalue weighted by atomic mass is 16.5. The number of nitrogens with one attached hydrogen (secondary N) is 1. The van der Waals surface area contributed by atoms with Crippen LogP contribution in [-0.2, 0) is 4.74 Å². The summed E-state index contributed by atoms with van der Waals surface area (Å²) < 4.78 is 11.1. The molecule has 0 atom stereocenters. The summed E-state index contributed by atoms with van der Waals surface area (Å²) in [5, 5.41) is 3.28. The third-order valence-electron chi connectivity index (χ3n) is 2.99. The summed E-state index contributed by atoms with van der Waals surface area (Å²) in [6.07, 6.45) is 0. The van der Waals surface area contributed by atoms with Crippen LogP contribution in [0.5, 0.6) is 5.75 Å². The molecule has 0 radical (unpaired) electrons. The SMILES string of the molecule is CCNc1cccc(OCCN2CCOCC2)c1. The van der Waals surface area contributed by atoms with Crippen LogP contribution >= 0.6 is 0 Å². The van der Waals surface area contributed by atoms with E-state index in [0.717, 1.165) is 57.4 Å². The molecule has 0 aromatic heterocycles. The normalized spacial score (nSPS) is 16.5. The van der Waals surface area contributed by atoms with Gasteiger partial charge in [-0.2, -0.15) is 0 Å². The summed E-state index contributed by atoms with van der Waals surface area (Å²) in [7, 11) is 0. The largest absolute Gasteiger partial charge is 0.492 e. The van der Waals surface area contributed by atoms with Crippen molar-refractivity contribution in [2.75, 3.05) is 51.3 Å². The van der Waals surface area contributed by atoms with Crippen LogP contribution in [0.15, 0.2) is 24.3 Å². The van der Waals surface area contributed by atoms with Crippen molar-refractivity contribution in [3.8, 4) is 5.75 Å². The lowest BCUT2D eigenvalue weighted by Crippen LogP contribution is -2.38. The Morgan fingerprint density at radius 3 is 2.94 bits per heavy atom. The first kappa shape index (κ1) is 13.2. The number of anilines is 1. The van der Waals surface area contributed by atoms with Gasteiger partial charge in [-0.15, -0.1) is 0 Å². The third-order valence-corrected chi connectivity index (χ3v) is 2.99. The molecular weight excluding hydrogens is 228 g/mol. The number of nitrogens with zero attached hydrogens (tertiary/aromatic N) is 1. The highest BCUT2D eigenvalue weighted by molar-refractivity contribution is 5.47. The molecule has 100 valence electrons. The molecule has 1 N–H and O–H groups in total. The maximum atomic E-state index is 5.77. The average Bonchev–Trinajstić information content (AvgIpc) is 2.41. The Labute approximate surface area is 109 Å². The summed E-state index contributed by atoms with van der Waals surface area (Å²) >= 11 is 0. The lowest BCUT2D eigenvalue weighted by Gasteiger charge is -2.26. The van der Waals surface area contributed by atoms with Gasteiger partial charge in [0.2, 0.25) is 0 Å². The molecule has 0 saturated carbocycles. The molecule has 0 aliphatic carbocycles. The average molecular weight is 250 g/mol. The van der Waals surface area contributed by atoms with Gasteiger partial charge in [-0.1, -0.05) is 6.07 Å². The van der Waals surface area contributed by atoms with E-state index in [1.807, 2.05) is 18.2 Å². The van der Waals surface area contributed by atoms with Crippen molar-refractivity contribution in [1.29, 1.82) is 0 Å². The molecule has 0 spiro atoms. The van der Waals surface area contributed by atoms with Crippen molar-refractivity contribution < 1.29 is 9.47 Å². The molecule has 1 aliphatic rings. The first-order chi connectivity index (χ1) is 8.88. The number of rotatable bonds is 6. The Morgan fingerprint density at radius 1 is 1.33 bits per heavy atom. The van der Waals surface area contributed by atoms with E-state index in [4.69, 9.17) is 9.47 Å². The van der Waals surface area contributed by atoms with Gasteiger partial charge in [-0.3, -0.25) is 4.90 Å². The summed E-state index contributed by atoms with van der Waals surface area (Å²) in [6, 6.07) is 8.11. The predicted octanol–water partition coefficient (Wildman–Crippen LogP) is 1.83. The number of hydrogen-bond donors (Lipinski definition) is 1. The van der Waals surface area contributed by atoms with Gasteiger partial charge in [-0.05, 0) is 19.1 Å². The quantitative estimate of drug-likeness (QED) is 0.835. The van der Waals surface area contributed by atoms with Gasteiger partial charge in [-0.25, -0.2) is 0 Å². The van der Waals surface area contributed by atoms with Crippen molar-refractivity contribution in [3.05, 3.63) is 24.3 Å². The molecule has 0 unspecified atom stereocenters. The van der Waals surface area contributed by atoms with Crippen LogP contribution in [0.25, 0.3) is 0 Å². The molecule has 1 saturated heterocycles. The molecule has 1 aromatic rings. The van der Waals surface area contributed by atoms with E-state index in [9.17, 15) is 0 Å². The fraction of sp³-hybridized carbons (Fsp3) is 0.571. The molecule has 1 heterocycles. The van der Waals surface area contributed by atoms with Gasteiger partial charge in [0.1, 0.15) is 12.4 Å². The van der Waals surface area contributed by atoms with E-state index in [1.54, 1.807) is 0 Å². The van der Waals surface area contributed by atoms with Crippen molar-refractivity contribution in [3.63, 3.8) is 0 Å². The fourth-order valence-corrected chi connectivity index (χ4v) is 2.02. The van der Waals surface area contributed by atoms with Crippen molar-refractivity contribution in [2.24, 2.45) is 0 Å². The van der Waals surface area contributed by atoms with E-state index in [-0.39, 0.29) is 0 Å². The summed E-state index contributed by atoms with van der Waals surface area (Å²) in [5.74, 6) is 0.932. The second-order valence-electron chi connectivity index (χ2n) is 4.36. The zero-order chi connectivity index (χ0) is 12.6. The zero-order valence-electron chi connectivity index (χ0n) is 11.0. The third kappa shape index (κ3) is 4.20. The highest BCUT2D eigenvalue weighted by Crippen LogP contribution is 2.17. The molecule has 4 nitrogen and oxygen atoms in total. The molecule has 0 bridgehead atoms. The van der Waals surface area contributed by atoms with Crippen LogP contribution < -0.4 is 10.1 Å². The van der Waals surface area contributed by atoms with Crippen molar-refractivity contribution in [2.45, 2.75) is 6.92 Å². The second kappa shape index (κ2) is 7.24. The Kier molecular flexibility index (Phi) is 5.30. The van der Waals surface area contributed by atoms with Gasteiger partial charge in [0.05, 0.1) is 13.2 Å². The Bertz CT molecular complexity index is 351. The van der Waals surface area contributed by atoms with Crippen LogP contribution in [0.2, 0.25) is 0 Å². The van der Waals surface area contributed by atoms with E-state index < -0.39 is 0 Å². The van der Waals surface area contributed by atoms with Gasteiger partial charge in [0.15, 0.2) is 0 Å². The zero-order valence-corrected chi connectivity index (χ0v) is 11.0. The minimum absolute atomic E-state index is 0.732. The van der Waals surface area contributed by atoms with Gasteiger partial charge < -0.3 is 14.8 Å². The van der Waals surface area contributed by atoms with Crippen molar-refractivity contribution in [1.82, 2.24) is 4.90 Å². The number of benzene rings is 1. The topological polar surface area (TPSA) is 33.7 Å². The first-order valence-corrected chi connectivity index (χ1v) is 6.65. The molecular formula is C14H22N2O2. The molecule has 1 aromatic carbocycles. The number of morpholine rings is 1. The van der Waals surface area contributed by atoms with Gasteiger partial charge in [0.25, 0.3) is 0 Å². The van der Waals surface area contributed by atoms with Gasteiger partial charge >= 0.3 is 0 Å². The van der Waals surface area contributed by atoms with E-state index in [2.05, 4.69) is 23.2 Å². The van der Waals surface area contributed by atoms with Gasteiger partial charge in [0, 0.05) is 37.9 Å². The van der Waals surface area contributed by atoms with E-state index >= 15 is 0 Å². The number of hydrogen-bond acceptors (Lipinski definition) is 4. The maximum Gasteiger partial charge on any atom is 0.121 e. The Hall–Kier alpha value is -1.26. The molecule has 1 fully saturated rings. The predicted molar refractivity (Wildman–Crippen MR) is 73.4 cm³/mol. The molecule has 18 heavy (non-hydrogen) atoms. The molecule has 2 rings (SSSR count). The monoisotopic (exact) mass is 250 g/mol. The fourth-order valence-electron chi connectivity index (χ4n) is 2.02. The van der Waals surface area contributed by atoms with Crippen LogP contribution in [0.4, 0.5) is 5.69 Å². The summed E-state index contributed by atoms with van der Waals surface area (Å²) in [4.78, 5) is 2.37. The summed E-state index contributed by atoms with van der Waals surface area (Å²) in [5.41, 5.74) is 1.11. The minimum Gasteiger partial charge on any atom is -0.492 e. The maximum absolute atomic E-state index is 5.77. The van der Waals surface area contributed by atoms with Crippen molar-refractivity contribution >= 4 is 5.69 Å². The molecule has 4 heteroatoms. The van der Waals surface area contributed by atoms with E-state index in [1.165, 1.54) is 0 Å². The van der Waals surface area contributed by atoms with Crippen LogP contribution in [0.3, 0.4) is 0 Å². The van der Waals surface area contributed by atoms with E-state index in [0.29, 0.717) is 0 Å². The Balaban J connectivity index is 1.73. The molecule has 0 amide bonds. The number of ether oxygens (including phenoxy) is 2. The second-order valence-corrected chi connectivity index (χ2v) is 4.36. The smallest absolute Gasteiger partial charge is 0.121 e. The standard InChI is InChI=1S/C14H22N2O2/c1-2-15-13-4-3-5-14(12-13)18-11-8-16-6-9-17-10-7-16/h3-5,12,15H,2,6-11H2,1H3. The molecule has 1 aliphatic heterocycles. The Morgan fingerprint density at radius 2 is 2.17 bits per heavy atom. The lowest BCUT2D eigenvalue weighted by atomic mass is 10.3. The van der Waals surface area contributed by atoms with Crippen LogP contribution in [0.1, 0.15) is 6.92 Å². The van der Waals surface area contributed by atoms with Crippen LogP contribution in [-0.4, -0.2) is 50.9 Å². The lowest BCUT2D eigenvalue weighted by molar-refractivity contribution is 0.0322. The first-order valence-electron chi connectivity index (χ1n) is 6.65. The summed E-state index contributed by atoms with van der Waals surface area (Å²) in [6.45, 7) is 8.43. The minimum atomic E-state index is 0.732. The van der Waals surface area contributed by atoms with Crippen LogP contribution in [0, 0.1) is 0 Å².